The van der Waals surface area contributed by atoms with E-state index in [1.165, 1.54) is 0 Å². The average Bonchev–Trinajstić information content (AvgIpc) is 2.16. The minimum Gasteiger partial charge on any atom is -0.799 e. The van der Waals surface area contributed by atoms with E-state index >= 15 is 0 Å². The Labute approximate surface area is 115 Å². The van der Waals surface area contributed by atoms with Gasteiger partial charge in [0, 0.05) is 7.37 Å². The van der Waals surface area contributed by atoms with E-state index in [0.717, 1.165) is 12.8 Å². The maximum atomic E-state index is 10.8. The van der Waals surface area contributed by atoms with E-state index in [9.17, 15) is 14.0 Å². The topological polar surface area (TPSA) is 77.4 Å². The summed E-state index contributed by atoms with van der Waals surface area (Å²) in [5, 5.41) is 0. The van der Waals surface area contributed by atoms with Crippen molar-refractivity contribution in [3.63, 3.8) is 0 Å². The van der Waals surface area contributed by atoms with Crippen LogP contribution in [0.1, 0.15) is 33.6 Å². The van der Waals surface area contributed by atoms with Crippen molar-refractivity contribution in [1.29, 1.82) is 0 Å². The van der Waals surface area contributed by atoms with Gasteiger partial charge in [-0.3, -0.25) is 0 Å². The fraction of sp³-hybridized carbons (Fsp3) is 1.00. The van der Waals surface area contributed by atoms with Crippen molar-refractivity contribution in [2.75, 3.05) is 18.5 Å². The first-order chi connectivity index (χ1) is 6.39. The van der Waals surface area contributed by atoms with Crippen molar-refractivity contribution in [2.24, 2.45) is 0 Å². The van der Waals surface area contributed by atoms with Gasteiger partial charge >= 0.3 is 37.6 Å². The van der Waals surface area contributed by atoms with Crippen LogP contribution in [0.2, 0.25) is 0 Å². The van der Waals surface area contributed by atoms with E-state index in [0.29, 0.717) is 18.5 Å². The van der Waals surface area contributed by atoms with Crippen LogP contribution in [-0.4, -0.2) is 23.4 Å². The van der Waals surface area contributed by atoms with Crippen LogP contribution in [0.4, 0.5) is 0 Å². The quantitative estimate of drug-likeness (QED) is 0.521. The van der Waals surface area contributed by atoms with Crippen molar-refractivity contribution in [3.05, 3.63) is 0 Å². The third-order valence-corrected chi connectivity index (χ3v) is 4.11. The standard InChI is InChI=1S/C6H15O2P.C2H5O2P.Na/c1-3-5-6-9(7,8)4-2;1-2-5(3)4;/h3-6H2,1-2H3,(H,7,8);2H2,1H3;/q;;+1. The zero-order valence-electron chi connectivity index (χ0n) is 10.1. The summed E-state index contributed by atoms with van der Waals surface area (Å²) in [4.78, 5) is 18.7. The molecule has 0 aromatic carbocycles. The Kier molecular flexibility index (Phi) is 19.1. The van der Waals surface area contributed by atoms with Crippen LogP contribution in [0.5, 0.6) is 0 Å². The number of unbranched alkanes of at least 4 members (excludes halogenated alkanes) is 1. The maximum Gasteiger partial charge on any atom is 1.00 e. The second-order valence-corrected chi connectivity index (χ2v) is 6.92. The van der Waals surface area contributed by atoms with Crippen molar-refractivity contribution in [2.45, 2.75) is 33.6 Å². The summed E-state index contributed by atoms with van der Waals surface area (Å²) >= 11 is 0. The summed E-state index contributed by atoms with van der Waals surface area (Å²) in [7, 11) is -4.79. The number of hydrogen-bond donors (Lipinski definition) is 1. The van der Waals surface area contributed by atoms with E-state index in [1.54, 1.807) is 13.8 Å². The second kappa shape index (κ2) is 13.3. The predicted molar refractivity (Wildman–Crippen MR) is 58.3 cm³/mol. The number of rotatable bonds is 5. The molecule has 1 N–H and O–H groups in total. The smallest absolute Gasteiger partial charge is 0.799 e. The van der Waals surface area contributed by atoms with Crippen molar-refractivity contribution in [3.8, 4) is 0 Å². The van der Waals surface area contributed by atoms with E-state index in [1.807, 2.05) is 6.92 Å². The SMILES string of the molecule is CCCCP(=O)([O-])CC.CC[P+](=O)O.[Na+]. The molecule has 86 valence electrons. The molecule has 0 rings (SSSR count). The molecule has 0 heterocycles. The van der Waals surface area contributed by atoms with E-state index in [4.69, 9.17) is 4.89 Å². The van der Waals surface area contributed by atoms with Gasteiger partial charge in [-0.1, -0.05) is 20.3 Å². The van der Waals surface area contributed by atoms with Crippen LogP contribution in [0.3, 0.4) is 0 Å². The minimum absolute atomic E-state index is 0. The molecule has 0 saturated carbocycles. The molecule has 0 aromatic rings. The van der Waals surface area contributed by atoms with E-state index in [-0.39, 0.29) is 29.6 Å². The minimum atomic E-state index is -2.94. The first kappa shape index (κ1) is 21.5. The molecule has 7 heteroatoms. The van der Waals surface area contributed by atoms with Gasteiger partial charge in [0.25, 0.3) is 0 Å². The van der Waals surface area contributed by atoms with Gasteiger partial charge < -0.3 is 9.46 Å². The van der Waals surface area contributed by atoms with Crippen LogP contribution >= 0.6 is 15.4 Å². The summed E-state index contributed by atoms with van der Waals surface area (Å²) in [6.07, 6.45) is 2.85. The Morgan fingerprint density at radius 2 is 1.73 bits per heavy atom. The van der Waals surface area contributed by atoms with Crippen LogP contribution in [0.25, 0.3) is 0 Å². The Hall–Kier alpha value is 1.25. The molecule has 0 aliphatic carbocycles. The van der Waals surface area contributed by atoms with E-state index in [2.05, 4.69) is 0 Å². The van der Waals surface area contributed by atoms with Gasteiger partial charge in [0.1, 0.15) is 0 Å². The molecule has 4 nitrogen and oxygen atoms in total. The summed E-state index contributed by atoms with van der Waals surface area (Å²) in [5.74, 6) is 0. The molecule has 0 spiro atoms. The Morgan fingerprint density at radius 3 is 1.93 bits per heavy atom. The molecule has 0 aliphatic rings. The summed E-state index contributed by atoms with van der Waals surface area (Å²) < 4.78 is 20.3. The third kappa shape index (κ3) is 21.2. The molecule has 2 unspecified atom stereocenters. The molecule has 0 aliphatic heterocycles. The van der Waals surface area contributed by atoms with Gasteiger partial charge in [-0.25, -0.2) is 0 Å². The van der Waals surface area contributed by atoms with Crippen LogP contribution in [-0.2, 0) is 9.13 Å². The Balaban J connectivity index is -0.000000208. The first-order valence-electron chi connectivity index (χ1n) is 4.82. The van der Waals surface area contributed by atoms with Gasteiger partial charge in [-0.05, 0) is 30.2 Å². The van der Waals surface area contributed by atoms with Gasteiger partial charge in [0.05, 0.1) is 0 Å². The van der Waals surface area contributed by atoms with Crippen LogP contribution < -0.4 is 34.5 Å². The fourth-order valence-electron chi connectivity index (χ4n) is 0.557. The molecular weight excluding hydrogens is 245 g/mol. The van der Waals surface area contributed by atoms with Gasteiger partial charge in [-0.2, -0.15) is 4.89 Å². The zero-order valence-corrected chi connectivity index (χ0v) is 13.9. The number of hydrogen-bond acceptors (Lipinski definition) is 3. The molecule has 2 atom stereocenters. The van der Waals surface area contributed by atoms with Crippen molar-refractivity contribution < 1.29 is 48.5 Å². The molecule has 0 saturated heterocycles. The molecule has 15 heavy (non-hydrogen) atoms. The summed E-state index contributed by atoms with van der Waals surface area (Å²) in [6, 6.07) is 0. The fourth-order valence-corrected chi connectivity index (χ4v) is 1.67. The molecule has 0 fully saturated rings. The second-order valence-electron chi connectivity index (χ2n) is 2.88. The maximum absolute atomic E-state index is 10.8. The van der Waals surface area contributed by atoms with Gasteiger partial charge in [0.2, 0.25) is 0 Å². The molecule has 0 aromatic heterocycles. The zero-order chi connectivity index (χ0) is 11.6. The monoisotopic (exact) mass is 265 g/mol. The van der Waals surface area contributed by atoms with Crippen LogP contribution in [0, 0.1) is 0 Å². The predicted octanol–water partition coefficient (Wildman–Crippen LogP) is -0.810. The molecule has 0 amide bonds. The summed E-state index contributed by atoms with van der Waals surface area (Å²) in [6.45, 7) is 5.36. The van der Waals surface area contributed by atoms with Crippen molar-refractivity contribution >= 4 is 15.4 Å². The average molecular weight is 265 g/mol. The Bertz CT molecular complexity index is 199. The third-order valence-electron chi connectivity index (χ3n) is 1.60. The summed E-state index contributed by atoms with van der Waals surface area (Å²) in [5.41, 5.74) is 0. The molecule has 0 radical (unpaired) electrons. The van der Waals surface area contributed by atoms with Gasteiger partial charge in [-0.15, -0.1) is 0 Å². The Morgan fingerprint density at radius 1 is 1.33 bits per heavy atom. The first-order valence-corrected chi connectivity index (χ1v) is 8.21. The molecular formula is C8H20NaO4P2+. The van der Waals surface area contributed by atoms with E-state index < -0.39 is 15.4 Å². The van der Waals surface area contributed by atoms with Gasteiger partial charge in [0.15, 0.2) is 6.16 Å². The van der Waals surface area contributed by atoms with Crippen molar-refractivity contribution in [1.82, 2.24) is 0 Å². The normalized spacial score (nSPS) is 14.1. The van der Waals surface area contributed by atoms with Crippen LogP contribution in [0.15, 0.2) is 0 Å². The molecule has 0 bridgehead atoms. The largest absolute Gasteiger partial charge is 1.00 e.